The third-order valence-electron chi connectivity index (χ3n) is 5.17. The van der Waals surface area contributed by atoms with Gasteiger partial charge in [-0.1, -0.05) is 31.1 Å². The minimum absolute atomic E-state index is 0.0670. The highest BCUT2D eigenvalue weighted by atomic mass is 32.2. The lowest BCUT2D eigenvalue weighted by Crippen LogP contribution is -2.29. The van der Waals surface area contributed by atoms with Crippen molar-refractivity contribution in [2.75, 3.05) is 23.3 Å². The van der Waals surface area contributed by atoms with Crippen molar-refractivity contribution in [3.05, 3.63) is 47.4 Å². The van der Waals surface area contributed by atoms with Crippen molar-refractivity contribution in [2.24, 2.45) is 0 Å². The zero-order valence-electron chi connectivity index (χ0n) is 21.7. The standard InChI is InChI=1S/C22H28FN3O6S.CH3N5/c1-13(2)20-18(10-9-16(27)11-17(28)12-19(29)30)21(14-5-7-15(23)8-6-14)25-22(24-20)26(3)33(4,31)32;2-1-3-5-6-4-1/h5-10,13,16-17,27-28H,11-12H2,1-4H3,(H,29,30);(H3,2,3,4,5,6)/p-1/b10-9+;/t16-,17+;/m0./s1. The van der Waals surface area contributed by atoms with E-state index in [2.05, 4.69) is 30.6 Å². The van der Waals surface area contributed by atoms with Crippen LogP contribution in [0.4, 0.5) is 16.3 Å². The molecular formula is C23H30FN8O6S-. The van der Waals surface area contributed by atoms with Crippen molar-refractivity contribution in [3.63, 3.8) is 0 Å². The number of nitrogens with zero attached hydrogens (tertiary/aromatic N) is 6. The maximum Gasteiger partial charge on any atom is 0.260 e. The summed E-state index contributed by atoms with van der Waals surface area (Å²) in [4.78, 5) is 19.4. The summed E-state index contributed by atoms with van der Waals surface area (Å²) in [5.41, 5.74) is 6.72. The molecule has 0 unspecified atom stereocenters. The summed E-state index contributed by atoms with van der Waals surface area (Å²) in [5.74, 6) is -1.96. The lowest BCUT2D eigenvalue weighted by Gasteiger charge is -2.20. The van der Waals surface area contributed by atoms with Crippen LogP contribution in [0, 0.1) is 5.82 Å². The van der Waals surface area contributed by atoms with Crippen LogP contribution < -0.4 is 15.1 Å². The summed E-state index contributed by atoms with van der Waals surface area (Å²) >= 11 is 0. The summed E-state index contributed by atoms with van der Waals surface area (Å²) in [7, 11) is -2.34. The maximum absolute atomic E-state index is 13.5. The van der Waals surface area contributed by atoms with Gasteiger partial charge >= 0.3 is 0 Å². The molecule has 0 bridgehead atoms. The highest BCUT2D eigenvalue weighted by Gasteiger charge is 2.22. The van der Waals surface area contributed by atoms with Gasteiger partial charge in [-0.2, -0.15) is 5.21 Å². The van der Waals surface area contributed by atoms with Crippen molar-refractivity contribution in [2.45, 2.75) is 44.8 Å². The van der Waals surface area contributed by atoms with Gasteiger partial charge in [0.25, 0.3) is 5.95 Å². The van der Waals surface area contributed by atoms with E-state index in [1.807, 2.05) is 13.8 Å². The number of anilines is 2. The third-order valence-corrected chi connectivity index (χ3v) is 6.33. The number of aliphatic hydroxyl groups is 2. The van der Waals surface area contributed by atoms with E-state index in [0.717, 1.165) is 10.6 Å². The lowest BCUT2D eigenvalue weighted by molar-refractivity contribution is -0.307. The Balaban J connectivity index is 0.000000780. The van der Waals surface area contributed by atoms with Gasteiger partial charge in [-0.3, -0.25) is 0 Å². The summed E-state index contributed by atoms with van der Waals surface area (Å²) in [5, 5.41) is 42.6. The Morgan fingerprint density at radius 2 is 1.87 bits per heavy atom. The number of aromatic amines is 1. The fraction of sp³-hybridized carbons (Fsp3) is 0.391. The van der Waals surface area contributed by atoms with Crippen LogP contribution in [-0.2, 0) is 14.8 Å². The highest BCUT2D eigenvalue weighted by molar-refractivity contribution is 7.92. The number of nitrogens with two attached hydrogens (primary N) is 1. The van der Waals surface area contributed by atoms with Gasteiger partial charge in [0.2, 0.25) is 16.0 Å². The Kier molecular flexibility index (Phi) is 10.9. The Morgan fingerprint density at radius 1 is 1.23 bits per heavy atom. The molecule has 0 radical (unpaired) electrons. The molecular weight excluding hydrogens is 535 g/mol. The van der Waals surface area contributed by atoms with Crippen LogP contribution in [0.1, 0.15) is 43.9 Å². The van der Waals surface area contributed by atoms with Crippen LogP contribution >= 0.6 is 0 Å². The van der Waals surface area contributed by atoms with Crippen molar-refractivity contribution >= 4 is 34.0 Å². The smallest absolute Gasteiger partial charge is 0.260 e. The van der Waals surface area contributed by atoms with E-state index in [9.17, 15) is 32.9 Å². The molecule has 2 aromatic heterocycles. The van der Waals surface area contributed by atoms with Gasteiger partial charge in [0.15, 0.2) is 0 Å². The number of tetrazole rings is 1. The van der Waals surface area contributed by atoms with Gasteiger partial charge in [-0.15, -0.1) is 5.10 Å². The predicted octanol–water partition coefficient (Wildman–Crippen LogP) is -0.151. The Bertz CT molecular complexity index is 1370. The normalized spacial score (nSPS) is 13.1. The van der Waals surface area contributed by atoms with E-state index in [0.29, 0.717) is 22.5 Å². The van der Waals surface area contributed by atoms with Crippen LogP contribution in [0.15, 0.2) is 30.3 Å². The summed E-state index contributed by atoms with van der Waals surface area (Å²) in [6.45, 7) is 3.69. The predicted molar refractivity (Wildman–Crippen MR) is 139 cm³/mol. The molecule has 1 aromatic carbocycles. The number of nitrogen functional groups attached to an aromatic ring is 1. The van der Waals surface area contributed by atoms with E-state index in [1.54, 1.807) is 0 Å². The number of rotatable bonds is 10. The van der Waals surface area contributed by atoms with Gasteiger partial charge in [0.1, 0.15) is 5.82 Å². The first kappa shape index (κ1) is 31.2. The quantitative estimate of drug-likeness (QED) is 0.252. The van der Waals surface area contributed by atoms with Gasteiger partial charge in [0, 0.05) is 37.0 Å². The molecule has 0 aliphatic rings. The fourth-order valence-electron chi connectivity index (χ4n) is 3.21. The first-order valence-corrected chi connectivity index (χ1v) is 13.4. The van der Waals surface area contributed by atoms with Gasteiger partial charge in [0.05, 0.1) is 29.9 Å². The molecule has 212 valence electrons. The Morgan fingerprint density at radius 3 is 2.33 bits per heavy atom. The number of nitrogens with one attached hydrogen (secondary N) is 1. The van der Waals surface area contributed by atoms with Crippen molar-refractivity contribution in [1.29, 1.82) is 0 Å². The number of hydrogen-bond acceptors (Lipinski definition) is 12. The average Bonchev–Trinajstić information content (AvgIpc) is 3.32. The zero-order valence-corrected chi connectivity index (χ0v) is 22.5. The monoisotopic (exact) mass is 565 g/mol. The minimum Gasteiger partial charge on any atom is -0.550 e. The van der Waals surface area contributed by atoms with Crippen molar-refractivity contribution < 1.29 is 32.9 Å². The molecule has 3 rings (SSSR count). The van der Waals surface area contributed by atoms with Crippen LogP contribution in [0.3, 0.4) is 0 Å². The number of carbonyl (C=O) groups excluding carboxylic acids is 1. The highest BCUT2D eigenvalue weighted by Crippen LogP contribution is 2.31. The first-order valence-electron chi connectivity index (χ1n) is 11.5. The van der Waals surface area contributed by atoms with Gasteiger partial charge < -0.3 is 25.8 Å². The third kappa shape index (κ3) is 9.66. The second-order valence-electron chi connectivity index (χ2n) is 8.73. The molecule has 16 heteroatoms. The van der Waals surface area contributed by atoms with Gasteiger partial charge in [-0.25, -0.2) is 27.1 Å². The molecule has 0 saturated carbocycles. The molecule has 0 saturated heterocycles. The number of hydrogen-bond donors (Lipinski definition) is 4. The molecule has 5 N–H and O–H groups in total. The van der Waals surface area contributed by atoms with Crippen molar-refractivity contribution in [1.82, 2.24) is 30.6 Å². The number of H-pyrrole nitrogens is 1. The maximum atomic E-state index is 13.5. The average molecular weight is 566 g/mol. The minimum atomic E-state index is -3.66. The number of carboxylic acid groups (broad SMARTS) is 1. The second kappa shape index (κ2) is 13.7. The molecule has 0 aliphatic carbocycles. The van der Waals surface area contributed by atoms with E-state index in [1.165, 1.54) is 43.5 Å². The number of benzene rings is 1. The molecule has 2 heterocycles. The number of carbonyl (C=O) groups is 1. The summed E-state index contributed by atoms with van der Waals surface area (Å²) in [6, 6.07) is 5.46. The Labute approximate surface area is 224 Å². The molecule has 14 nitrogen and oxygen atoms in total. The molecule has 2 atom stereocenters. The van der Waals surface area contributed by atoms with Crippen LogP contribution in [-0.4, -0.2) is 80.7 Å². The number of sulfonamides is 1. The van der Waals surface area contributed by atoms with E-state index in [-0.39, 0.29) is 24.2 Å². The van der Waals surface area contributed by atoms with Crippen LogP contribution in [0.5, 0.6) is 0 Å². The lowest BCUT2D eigenvalue weighted by atomic mass is 9.97. The fourth-order valence-corrected chi connectivity index (χ4v) is 3.58. The summed E-state index contributed by atoms with van der Waals surface area (Å²) < 4.78 is 38.6. The zero-order chi connectivity index (χ0) is 29.3. The summed E-state index contributed by atoms with van der Waals surface area (Å²) in [6.07, 6.45) is 0.578. The van der Waals surface area contributed by atoms with Crippen LogP contribution in [0.2, 0.25) is 0 Å². The van der Waals surface area contributed by atoms with Crippen LogP contribution in [0.25, 0.3) is 17.3 Å². The number of carboxylic acids is 1. The molecule has 0 fully saturated rings. The number of halogens is 1. The second-order valence-corrected chi connectivity index (χ2v) is 10.7. The molecule has 0 amide bonds. The molecule has 0 spiro atoms. The van der Waals surface area contributed by atoms with Gasteiger partial charge in [-0.05, 0) is 35.4 Å². The Hall–Kier alpha value is -4.02. The SMILES string of the molecule is CC(C)c1nc(N(C)S(C)(=O)=O)nc(-c2ccc(F)cc2)c1/C=C/[C@H](O)C[C@@H](O)CC(=O)[O-].Nc1nn[nH]n1. The van der Waals surface area contributed by atoms with E-state index < -0.39 is 40.4 Å². The largest absolute Gasteiger partial charge is 0.550 e. The van der Waals surface area contributed by atoms with E-state index >= 15 is 0 Å². The van der Waals surface area contributed by atoms with Crippen molar-refractivity contribution in [3.8, 4) is 11.3 Å². The molecule has 3 aromatic rings. The number of aromatic nitrogens is 6. The molecule has 0 aliphatic heterocycles. The van der Waals surface area contributed by atoms with E-state index in [4.69, 9.17) is 5.73 Å². The number of aliphatic hydroxyl groups excluding tert-OH is 2. The first-order chi connectivity index (χ1) is 18.2. The number of aliphatic carboxylic acids is 1. The molecule has 39 heavy (non-hydrogen) atoms. The topological polar surface area (TPSA) is 224 Å².